The lowest BCUT2D eigenvalue weighted by molar-refractivity contribution is 0.0985. The van der Waals surface area contributed by atoms with Crippen molar-refractivity contribution in [2.45, 2.75) is 17.7 Å². The minimum absolute atomic E-state index is 0.152. The van der Waals surface area contributed by atoms with Crippen LogP contribution in [0.3, 0.4) is 0 Å². The number of carbonyl (C=O) groups excluding carboxylic acids is 1. The maximum absolute atomic E-state index is 12.9. The second kappa shape index (κ2) is 6.50. The molecule has 0 aromatic heterocycles. The van der Waals surface area contributed by atoms with Crippen LogP contribution in [0.15, 0.2) is 47.4 Å². The van der Waals surface area contributed by atoms with E-state index in [0.717, 1.165) is 28.4 Å². The van der Waals surface area contributed by atoms with E-state index in [-0.39, 0.29) is 10.8 Å². The Morgan fingerprint density at radius 1 is 1.12 bits per heavy atom. The third-order valence-electron chi connectivity index (χ3n) is 4.41. The molecule has 0 radical (unpaired) electrons. The van der Waals surface area contributed by atoms with Crippen molar-refractivity contribution in [2.24, 2.45) is 0 Å². The van der Waals surface area contributed by atoms with Gasteiger partial charge in [-0.3, -0.25) is 4.79 Å². The lowest BCUT2D eigenvalue weighted by Gasteiger charge is -2.30. The Morgan fingerprint density at radius 3 is 2.44 bits per heavy atom. The standard InChI is InChI=1S/C18H21N3O3S/c1-20(2)25(23,24)14-10-8-13(9-11-14)18(22)21-12-4-5-15-16(19)6-3-7-17(15)21/h3,6-11H,4-5,12,19H2,1-2H3. The smallest absolute Gasteiger partial charge is 0.258 e. The molecule has 0 aliphatic carbocycles. The number of nitrogens with two attached hydrogens (primary N) is 1. The predicted octanol–water partition coefficient (Wildman–Crippen LogP) is 2.11. The van der Waals surface area contributed by atoms with Crippen LogP contribution in [0, 0.1) is 0 Å². The first-order chi connectivity index (χ1) is 11.8. The monoisotopic (exact) mass is 359 g/mol. The molecule has 0 fully saturated rings. The summed E-state index contributed by atoms with van der Waals surface area (Å²) in [6.07, 6.45) is 1.70. The Bertz CT molecular complexity index is 906. The predicted molar refractivity (Wildman–Crippen MR) is 98.2 cm³/mol. The van der Waals surface area contributed by atoms with Crippen LogP contribution in [-0.2, 0) is 16.4 Å². The zero-order valence-corrected chi connectivity index (χ0v) is 15.1. The lowest BCUT2D eigenvalue weighted by atomic mass is 9.99. The third kappa shape index (κ3) is 3.12. The average molecular weight is 359 g/mol. The summed E-state index contributed by atoms with van der Waals surface area (Å²) in [6.45, 7) is 0.618. The molecule has 0 unspecified atom stereocenters. The van der Waals surface area contributed by atoms with Gasteiger partial charge in [-0.05, 0) is 54.8 Å². The fourth-order valence-corrected chi connectivity index (χ4v) is 3.90. The van der Waals surface area contributed by atoms with Gasteiger partial charge in [-0.25, -0.2) is 12.7 Å². The zero-order chi connectivity index (χ0) is 18.2. The second-order valence-electron chi connectivity index (χ2n) is 6.22. The molecular weight excluding hydrogens is 338 g/mol. The number of hydrogen-bond donors (Lipinski definition) is 1. The van der Waals surface area contributed by atoms with Crippen molar-refractivity contribution in [2.75, 3.05) is 31.3 Å². The average Bonchev–Trinajstić information content (AvgIpc) is 2.61. The van der Waals surface area contributed by atoms with Gasteiger partial charge in [-0.2, -0.15) is 0 Å². The maximum Gasteiger partial charge on any atom is 0.258 e. The number of amides is 1. The topological polar surface area (TPSA) is 83.7 Å². The minimum Gasteiger partial charge on any atom is -0.398 e. The van der Waals surface area contributed by atoms with Gasteiger partial charge in [-0.15, -0.1) is 0 Å². The zero-order valence-electron chi connectivity index (χ0n) is 14.3. The van der Waals surface area contributed by atoms with Gasteiger partial charge in [0, 0.05) is 37.6 Å². The molecule has 1 aliphatic heterocycles. The van der Waals surface area contributed by atoms with Gasteiger partial charge in [0.15, 0.2) is 0 Å². The molecule has 0 atom stereocenters. The van der Waals surface area contributed by atoms with E-state index in [2.05, 4.69) is 0 Å². The van der Waals surface area contributed by atoms with Crippen LogP contribution in [0.25, 0.3) is 0 Å². The summed E-state index contributed by atoms with van der Waals surface area (Å²) in [4.78, 5) is 14.8. The molecule has 0 spiro atoms. The molecule has 0 saturated heterocycles. The summed E-state index contributed by atoms with van der Waals surface area (Å²) in [7, 11) is -0.555. The van der Waals surface area contributed by atoms with Crippen molar-refractivity contribution in [3.63, 3.8) is 0 Å². The summed E-state index contributed by atoms with van der Waals surface area (Å²) in [5.41, 5.74) is 9.01. The highest BCUT2D eigenvalue weighted by atomic mass is 32.2. The fraction of sp³-hybridized carbons (Fsp3) is 0.278. The fourth-order valence-electron chi connectivity index (χ4n) is 3.00. The molecule has 1 amide bonds. The van der Waals surface area contributed by atoms with Gasteiger partial charge >= 0.3 is 0 Å². The van der Waals surface area contributed by atoms with Crippen molar-refractivity contribution in [1.82, 2.24) is 4.31 Å². The highest BCUT2D eigenvalue weighted by Gasteiger charge is 2.25. The van der Waals surface area contributed by atoms with E-state index in [1.165, 1.54) is 26.2 Å². The number of fused-ring (bicyclic) bond motifs is 1. The summed E-state index contributed by atoms with van der Waals surface area (Å²) < 4.78 is 25.4. The van der Waals surface area contributed by atoms with Crippen molar-refractivity contribution >= 4 is 27.3 Å². The Balaban J connectivity index is 1.92. The molecule has 2 aromatic rings. The number of carbonyl (C=O) groups is 1. The minimum atomic E-state index is -3.51. The van der Waals surface area contributed by atoms with E-state index in [1.54, 1.807) is 17.0 Å². The summed E-state index contributed by atoms with van der Waals surface area (Å²) in [5, 5.41) is 0. The first-order valence-electron chi connectivity index (χ1n) is 8.04. The molecule has 6 nitrogen and oxygen atoms in total. The molecule has 1 aliphatic rings. The van der Waals surface area contributed by atoms with E-state index in [9.17, 15) is 13.2 Å². The normalized spacial score (nSPS) is 14.4. The van der Waals surface area contributed by atoms with Gasteiger partial charge in [0.05, 0.1) is 4.90 Å². The Hall–Kier alpha value is -2.38. The van der Waals surface area contributed by atoms with E-state index in [0.29, 0.717) is 17.8 Å². The number of sulfonamides is 1. The number of rotatable bonds is 3. The number of anilines is 2. The van der Waals surface area contributed by atoms with Gasteiger partial charge in [-0.1, -0.05) is 6.07 Å². The molecule has 7 heteroatoms. The summed E-state index contributed by atoms with van der Waals surface area (Å²) >= 11 is 0. The Labute approximate surface area is 147 Å². The molecule has 0 saturated carbocycles. The third-order valence-corrected chi connectivity index (χ3v) is 6.24. The highest BCUT2D eigenvalue weighted by molar-refractivity contribution is 7.89. The quantitative estimate of drug-likeness (QED) is 0.851. The first-order valence-corrected chi connectivity index (χ1v) is 9.48. The van der Waals surface area contributed by atoms with E-state index >= 15 is 0 Å². The molecule has 25 heavy (non-hydrogen) atoms. The molecule has 132 valence electrons. The molecule has 0 bridgehead atoms. The molecule has 1 heterocycles. The molecule has 2 aromatic carbocycles. The van der Waals surface area contributed by atoms with Crippen LogP contribution in [0.1, 0.15) is 22.3 Å². The molecule has 3 rings (SSSR count). The highest BCUT2D eigenvalue weighted by Crippen LogP contribution is 2.32. The molecular formula is C18H21N3O3S. The SMILES string of the molecule is CN(C)S(=O)(=O)c1ccc(C(=O)N2CCCc3c(N)cccc32)cc1. The largest absolute Gasteiger partial charge is 0.398 e. The van der Waals surface area contributed by atoms with Crippen LogP contribution in [0.2, 0.25) is 0 Å². The van der Waals surface area contributed by atoms with Gasteiger partial charge in [0.2, 0.25) is 10.0 Å². The van der Waals surface area contributed by atoms with Crippen molar-refractivity contribution in [3.8, 4) is 0 Å². The first kappa shape index (κ1) is 17.4. The Morgan fingerprint density at radius 2 is 1.80 bits per heavy atom. The van der Waals surface area contributed by atoms with Crippen LogP contribution < -0.4 is 10.6 Å². The van der Waals surface area contributed by atoms with Crippen molar-refractivity contribution < 1.29 is 13.2 Å². The number of nitrogens with zero attached hydrogens (tertiary/aromatic N) is 2. The summed E-state index contributed by atoms with van der Waals surface area (Å²) in [6, 6.07) is 11.6. The number of benzene rings is 2. The van der Waals surface area contributed by atoms with E-state index < -0.39 is 10.0 Å². The molecule has 2 N–H and O–H groups in total. The van der Waals surface area contributed by atoms with Gasteiger partial charge in [0.25, 0.3) is 5.91 Å². The number of hydrogen-bond acceptors (Lipinski definition) is 4. The van der Waals surface area contributed by atoms with Gasteiger partial charge in [0.1, 0.15) is 0 Å². The summed E-state index contributed by atoms with van der Waals surface area (Å²) in [5.74, 6) is -0.152. The lowest BCUT2D eigenvalue weighted by Crippen LogP contribution is -2.35. The van der Waals surface area contributed by atoms with Crippen LogP contribution >= 0.6 is 0 Å². The maximum atomic E-state index is 12.9. The van der Waals surface area contributed by atoms with E-state index in [1.807, 2.05) is 18.2 Å². The Kier molecular flexibility index (Phi) is 4.53. The van der Waals surface area contributed by atoms with E-state index in [4.69, 9.17) is 5.73 Å². The van der Waals surface area contributed by atoms with Crippen molar-refractivity contribution in [3.05, 3.63) is 53.6 Å². The van der Waals surface area contributed by atoms with Gasteiger partial charge < -0.3 is 10.6 Å². The van der Waals surface area contributed by atoms with Crippen molar-refractivity contribution in [1.29, 1.82) is 0 Å². The van der Waals surface area contributed by atoms with Crippen LogP contribution in [0.5, 0.6) is 0 Å². The second-order valence-corrected chi connectivity index (χ2v) is 8.37. The van der Waals surface area contributed by atoms with Crippen LogP contribution in [0.4, 0.5) is 11.4 Å². The number of nitrogen functional groups attached to an aromatic ring is 1. The van der Waals surface area contributed by atoms with Crippen LogP contribution in [-0.4, -0.2) is 39.3 Å².